The lowest BCUT2D eigenvalue weighted by molar-refractivity contribution is -0.384. The number of benzene rings is 2. The first-order chi connectivity index (χ1) is 14.2. The van der Waals surface area contributed by atoms with Gasteiger partial charge in [-0.15, -0.1) is 0 Å². The van der Waals surface area contributed by atoms with Gasteiger partial charge in [-0.3, -0.25) is 10.1 Å². The quantitative estimate of drug-likeness (QED) is 0.517. The van der Waals surface area contributed by atoms with Crippen molar-refractivity contribution in [3.05, 3.63) is 57.6 Å². The van der Waals surface area contributed by atoms with Crippen LogP contribution in [0.5, 0.6) is 5.75 Å². The van der Waals surface area contributed by atoms with Gasteiger partial charge in [0.2, 0.25) is 10.0 Å². The molecule has 0 aromatic heterocycles. The van der Waals surface area contributed by atoms with Crippen LogP contribution in [0.25, 0.3) is 0 Å². The molecule has 0 bridgehead atoms. The molecule has 1 N–H and O–H groups in total. The Bertz CT molecular complexity index is 1030. The SMILES string of the molecule is COc1ccc(C)cc1C(C)Nc1ccc(S(=O)(=O)N2CCCCC2)cc1[N+](=O)[O-]. The van der Waals surface area contributed by atoms with Crippen LogP contribution >= 0.6 is 0 Å². The second-order valence-corrected chi connectivity index (χ2v) is 9.45. The van der Waals surface area contributed by atoms with Gasteiger partial charge >= 0.3 is 0 Å². The van der Waals surface area contributed by atoms with Crippen LogP contribution < -0.4 is 10.1 Å². The molecule has 1 unspecified atom stereocenters. The molecule has 0 aliphatic carbocycles. The molecule has 0 spiro atoms. The third-order valence-electron chi connectivity index (χ3n) is 5.34. The molecular weight excluding hydrogens is 406 g/mol. The summed E-state index contributed by atoms with van der Waals surface area (Å²) < 4.78 is 32.6. The number of hydrogen-bond acceptors (Lipinski definition) is 6. The highest BCUT2D eigenvalue weighted by Gasteiger charge is 2.29. The van der Waals surface area contributed by atoms with E-state index in [2.05, 4.69) is 5.32 Å². The summed E-state index contributed by atoms with van der Waals surface area (Å²) in [4.78, 5) is 11.1. The number of nitrogens with one attached hydrogen (secondary N) is 1. The smallest absolute Gasteiger partial charge is 0.293 e. The number of anilines is 1. The minimum atomic E-state index is -3.75. The van der Waals surface area contributed by atoms with Crippen molar-refractivity contribution in [1.82, 2.24) is 4.31 Å². The normalized spacial score (nSPS) is 16.1. The van der Waals surface area contributed by atoms with Gasteiger partial charge in [0.1, 0.15) is 11.4 Å². The van der Waals surface area contributed by atoms with Crippen LogP contribution in [0.15, 0.2) is 41.3 Å². The molecule has 30 heavy (non-hydrogen) atoms. The van der Waals surface area contributed by atoms with Gasteiger partial charge in [-0.05, 0) is 44.9 Å². The van der Waals surface area contributed by atoms with Gasteiger partial charge < -0.3 is 10.1 Å². The van der Waals surface area contributed by atoms with Gasteiger partial charge in [-0.1, -0.05) is 24.1 Å². The minimum absolute atomic E-state index is 0.0533. The van der Waals surface area contributed by atoms with E-state index in [0.29, 0.717) is 18.8 Å². The average Bonchev–Trinajstić information content (AvgIpc) is 2.74. The number of ether oxygens (including phenoxy) is 1. The van der Waals surface area contributed by atoms with Crippen LogP contribution in [0.3, 0.4) is 0 Å². The van der Waals surface area contributed by atoms with Crippen LogP contribution in [0.2, 0.25) is 0 Å². The van der Waals surface area contributed by atoms with Crippen molar-refractivity contribution < 1.29 is 18.1 Å². The number of methoxy groups -OCH3 is 1. The summed E-state index contributed by atoms with van der Waals surface area (Å²) in [5, 5.41) is 14.8. The maximum atomic E-state index is 12.9. The van der Waals surface area contributed by atoms with E-state index in [1.54, 1.807) is 7.11 Å². The van der Waals surface area contributed by atoms with E-state index in [9.17, 15) is 18.5 Å². The number of hydrogen-bond donors (Lipinski definition) is 1. The predicted molar refractivity (Wildman–Crippen MR) is 115 cm³/mol. The van der Waals surface area contributed by atoms with Crippen LogP contribution in [-0.2, 0) is 10.0 Å². The van der Waals surface area contributed by atoms with E-state index in [1.807, 2.05) is 32.0 Å². The molecule has 0 saturated carbocycles. The van der Waals surface area contributed by atoms with Gasteiger partial charge in [-0.25, -0.2) is 8.42 Å². The number of sulfonamides is 1. The summed E-state index contributed by atoms with van der Waals surface area (Å²) in [6.07, 6.45) is 2.60. The van der Waals surface area contributed by atoms with Crippen molar-refractivity contribution in [2.24, 2.45) is 0 Å². The zero-order valence-corrected chi connectivity index (χ0v) is 18.2. The lowest BCUT2D eigenvalue weighted by Crippen LogP contribution is -2.35. The molecule has 0 radical (unpaired) electrons. The van der Waals surface area contributed by atoms with Gasteiger partial charge in [0.25, 0.3) is 5.69 Å². The van der Waals surface area contributed by atoms with Crippen LogP contribution in [0, 0.1) is 17.0 Å². The lowest BCUT2D eigenvalue weighted by atomic mass is 10.0. The highest BCUT2D eigenvalue weighted by Crippen LogP contribution is 2.34. The Morgan fingerprint density at radius 1 is 1.13 bits per heavy atom. The Balaban J connectivity index is 1.93. The number of nitro groups is 1. The highest BCUT2D eigenvalue weighted by atomic mass is 32.2. The van der Waals surface area contributed by atoms with Gasteiger partial charge in [0.05, 0.1) is 23.0 Å². The minimum Gasteiger partial charge on any atom is -0.496 e. The van der Waals surface area contributed by atoms with Crippen molar-refractivity contribution in [2.75, 3.05) is 25.5 Å². The van der Waals surface area contributed by atoms with E-state index >= 15 is 0 Å². The topological polar surface area (TPSA) is 102 Å². The summed E-state index contributed by atoms with van der Waals surface area (Å²) >= 11 is 0. The summed E-state index contributed by atoms with van der Waals surface area (Å²) in [7, 11) is -2.18. The second-order valence-electron chi connectivity index (χ2n) is 7.51. The third kappa shape index (κ3) is 4.57. The second kappa shape index (κ2) is 9.01. The Labute approximate surface area is 177 Å². The van der Waals surface area contributed by atoms with Crippen LogP contribution in [-0.4, -0.2) is 37.8 Å². The lowest BCUT2D eigenvalue weighted by Gasteiger charge is -2.26. The first-order valence-corrected chi connectivity index (χ1v) is 11.4. The van der Waals surface area contributed by atoms with E-state index in [-0.39, 0.29) is 22.3 Å². The van der Waals surface area contributed by atoms with E-state index in [0.717, 1.165) is 36.5 Å². The molecule has 1 atom stereocenters. The molecule has 1 aliphatic heterocycles. The molecule has 3 rings (SSSR count). The van der Waals surface area contributed by atoms with Crippen molar-refractivity contribution in [3.8, 4) is 5.75 Å². The molecule has 1 aliphatic rings. The molecule has 9 heteroatoms. The molecule has 8 nitrogen and oxygen atoms in total. The number of aryl methyl sites for hydroxylation is 1. The molecule has 1 heterocycles. The van der Waals surface area contributed by atoms with Gasteiger partial charge in [-0.2, -0.15) is 4.31 Å². The van der Waals surface area contributed by atoms with Crippen molar-refractivity contribution in [3.63, 3.8) is 0 Å². The fourth-order valence-corrected chi connectivity index (χ4v) is 5.24. The molecule has 1 fully saturated rings. The third-order valence-corrected chi connectivity index (χ3v) is 7.24. The van der Waals surface area contributed by atoms with Crippen molar-refractivity contribution >= 4 is 21.4 Å². The van der Waals surface area contributed by atoms with Crippen molar-refractivity contribution in [1.29, 1.82) is 0 Å². The number of nitrogens with zero attached hydrogens (tertiary/aromatic N) is 2. The van der Waals surface area contributed by atoms with Gasteiger partial charge in [0.15, 0.2) is 0 Å². The van der Waals surface area contributed by atoms with Crippen LogP contribution in [0.4, 0.5) is 11.4 Å². The average molecular weight is 434 g/mol. The Morgan fingerprint density at radius 2 is 1.83 bits per heavy atom. The highest BCUT2D eigenvalue weighted by molar-refractivity contribution is 7.89. The summed E-state index contributed by atoms with van der Waals surface area (Å²) in [5.41, 5.74) is 1.88. The molecule has 0 amide bonds. The van der Waals surface area contributed by atoms with E-state index in [1.165, 1.54) is 16.4 Å². The fourth-order valence-electron chi connectivity index (χ4n) is 3.70. The van der Waals surface area contributed by atoms with Gasteiger partial charge in [0, 0.05) is 24.7 Å². The number of rotatable bonds is 7. The zero-order valence-electron chi connectivity index (χ0n) is 17.4. The summed E-state index contributed by atoms with van der Waals surface area (Å²) in [5.74, 6) is 0.674. The zero-order chi connectivity index (χ0) is 21.9. The van der Waals surface area contributed by atoms with E-state index in [4.69, 9.17) is 4.74 Å². The maximum Gasteiger partial charge on any atom is 0.293 e. The fraction of sp³-hybridized carbons (Fsp3) is 0.429. The maximum absolute atomic E-state index is 12.9. The summed E-state index contributed by atoms with van der Waals surface area (Å²) in [6.45, 7) is 4.72. The summed E-state index contributed by atoms with van der Waals surface area (Å²) in [6, 6.07) is 9.49. The Kier molecular flexibility index (Phi) is 6.62. The predicted octanol–water partition coefficient (Wildman–Crippen LogP) is 4.26. The molecular formula is C21H27N3O5S. The monoisotopic (exact) mass is 433 g/mol. The number of nitro benzene ring substituents is 1. The molecule has 162 valence electrons. The molecule has 2 aromatic carbocycles. The van der Waals surface area contributed by atoms with Crippen LogP contribution in [0.1, 0.15) is 43.4 Å². The van der Waals surface area contributed by atoms with Crippen molar-refractivity contribution in [2.45, 2.75) is 44.0 Å². The first kappa shape index (κ1) is 22.0. The molecule has 1 saturated heterocycles. The Hall–Kier alpha value is -2.65. The standard InChI is InChI=1S/C21H27N3O5S/c1-15-7-10-21(29-3)18(13-15)16(2)22-19-9-8-17(14-20(19)24(25)26)30(27,28)23-11-5-4-6-12-23/h7-10,13-14,16,22H,4-6,11-12H2,1-3H3. The van der Waals surface area contributed by atoms with E-state index < -0.39 is 14.9 Å². The molecule has 2 aromatic rings. The number of piperidine rings is 1. The Morgan fingerprint density at radius 3 is 2.47 bits per heavy atom. The largest absolute Gasteiger partial charge is 0.496 e. The first-order valence-electron chi connectivity index (χ1n) is 9.93.